The summed E-state index contributed by atoms with van der Waals surface area (Å²) in [5, 5.41) is 2.83. The predicted molar refractivity (Wildman–Crippen MR) is 89.0 cm³/mol. The molecule has 0 aliphatic heterocycles. The molecule has 1 aliphatic carbocycles. The number of carbonyl (C=O) groups excluding carboxylic acids is 1. The minimum Gasteiger partial charge on any atom is -0.484 e. The van der Waals surface area contributed by atoms with Crippen LogP contribution in [0.15, 0.2) is 24.3 Å². The van der Waals surface area contributed by atoms with Crippen molar-refractivity contribution in [3.05, 3.63) is 29.8 Å². The van der Waals surface area contributed by atoms with Gasteiger partial charge in [0.1, 0.15) is 5.75 Å². The Labute approximate surface area is 145 Å². The summed E-state index contributed by atoms with van der Waals surface area (Å²) in [5.74, 6) is 0.0590. The fourth-order valence-electron chi connectivity index (χ4n) is 3.27. The molecule has 7 heteroatoms. The molecule has 0 bridgehead atoms. The minimum absolute atomic E-state index is 0.0750. The molecule has 1 aliphatic rings. The highest BCUT2D eigenvalue weighted by atomic mass is 19.4. The van der Waals surface area contributed by atoms with Crippen molar-refractivity contribution < 1.29 is 22.7 Å². The fraction of sp³-hybridized carbons (Fsp3) is 0.611. The third kappa shape index (κ3) is 6.57. The van der Waals surface area contributed by atoms with Gasteiger partial charge in [-0.05, 0) is 42.5 Å². The van der Waals surface area contributed by atoms with Crippen molar-refractivity contribution in [1.82, 2.24) is 5.32 Å². The van der Waals surface area contributed by atoms with E-state index in [0.29, 0.717) is 18.5 Å². The normalized spacial score (nSPS) is 17.1. The Hall–Kier alpha value is -1.76. The maximum Gasteiger partial charge on any atom is 0.422 e. The zero-order valence-electron chi connectivity index (χ0n) is 14.2. The highest BCUT2D eigenvalue weighted by Crippen LogP contribution is 2.38. The van der Waals surface area contributed by atoms with Gasteiger partial charge in [-0.15, -0.1) is 0 Å². The van der Waals surface area contributed by atoms with Crippen molar-refractivity contribution in [3.63, 3.8) is 0 Å². The Kier molecular flexibility index (Phi) is 6.70. The summed E-state index contributed by atoms with van der Waals surface area (Å²) in [6, 6.07) is 6.31. The average molecular weight is 358 g/mol. The maximum atomic E-state index is 12.2. The molecule has 1 aromatic carbocycles. The van der Waals surface area contributed by atoms with E-state index in [2.05, 4.69) is 5.32 Å². The van der Waals surface area contributed by atoms with Crippen LogP contribution >= 0.6 is 0 Å². The Balaban J connectivity index is 1.85. The summed E-state index contributed by atoms with van der Waals surface area (Å²) in [5.41, 5.74) is 6.48. The van der Waals surface area contributed by atoms with Crippen molar-refractivity contribution in [2.75, 3.05) is 13.2 Å². The number of alkyl halides is 3. The van der Waals surface area contributed by atoms with E-state index in [-0.39, 0.29) is 23.6 Å². The smallest absolute Gasteiger partial charge is 0.422 e. The van der Waals surface area contributed by atoms with Gasteiger partial charge in [-0.3, -0.25) is 4.79 Å². The number of carbonyl (C=O) groups is 1. The molecule has 140 valence electrons. The standard InChI is InChI=1S/C18H25F3N2O2/c19-18(20,21)13-25-15-6-4-5-14(9-15)11-23-16(24)10-17(12-22)7-2-1-3-8-17/h4-6,9H,1-3,7-8,10-13,22H2,(H,23,24). The van der Waals surface area contributed by atoms with Crippen molar-refractivity contribution in [3.8, 4) is 5.75 Å². The number of ether oxygens (including phenoxy) is 1. The van der Waals surface area contributed by atoms with Gasteiger partial charge in [0.15, 0.2) is 6.61 Å². The Morgan fingerprint density at radius 1 is 1.24 bits per heavy atom. The molecule has 1 amide bonds. The van der Waals surface area contributed by atoms with Crippen LogP contribution < -0.4 is 15.8 Å². The zero-order chi connectivity index (χ0) is 18.3. The molecule has 0 spiro atoms. The van der Waals surface area contributed by atoms with Gasteiger partial charge in [0.05, 0.1) is 0 Å². The van der Waals surface area contributed by atoms with Crippen molar-refractivity contribution >= 4 is 5.91 Å². The minimum atomic E-state index is -4.37. The molecule has 1 aromatic rings. The van der Waals surface area contributed by atoms with Crippen LogP contribution in [0.4, 0.5) is 13.2 Å². The van der Waals surface area contributed by atoms with Gasteiger partial charge in [0.2, 0.25) is 5.91 Å². The van der Waals surface area contributed by atoms with Crippen LogP contribution in [0.2, 0.25) is 0 Å². The predicted octanol–water partition coefficient (Wildman–Crippen LogP) is 3.54. The van der Waals surface area contributed by atoms with E-state index >= 15 is 0 Å². The molecule has 3 N–H and O–H groups in total. The largest absolute Gasteiger partial charge is 0.484 e. The number of halogens is 3. The molecule has 1 fully saturated rings. The van der Waals surface area contributed by atoms with E-state index in [9.17, 15) is 18.0 Å². The second-order valence-electron chi connectivity index (χ2n) is 6.77. The molecule has 0 aromatic heterocycles. The van der Waals surface area contributed by atoms with E-state index in [1.807, 2.05) is 0 Å². The van der Waals surface area contributed by atoms with Gasteiger partial charge in [-0.1, -0.05) is 31.4 Å². The summed E-state index contributed by atoms with van der Waals surface area (Å²) in [7, 11) is 0. The molecular weight excluding hydrogens is 333 g/mol. The van der Waals surface area contributed by atoms with Crippen LogP contribution in [0.1, 0.15) is 44.1 Å². The summed E-state index contributed by atoms with van der Waals surface area (Å²) in [4.78, 5) is 12.2. The number of benzene rings is 1. The summed E-state index contributed by atoms with van der Waals surface area (Å²) < 4.78 is 41.3. The monoisotopic (exact) mass is 358 g/mol. The number of amides is 1. The number of hydrogen-bond donors (Lipinski definition) is 2. The van der Waals surface area contributed by atoms with Crippen LogP contribution in [0.3, 0.4) is 0 Å². The lowest BCUT2D eigenvalue weighted by molar-refractivity contribution is -0.153. The highest BCUT2D eigenvalue weighted by Gasteiger charge is 2.32. The van der Waals surface area contributed by atoms with Gasteiger partial charge < -0.3 is 15.8 Å². The molecule has 4 nitrogen and oxygen atoms in total. The molecule has 0 saturated heterocycles. The second kappa shape index (κ2) is 8.56. The van der Waals surface area contributed by atoms with Crippen LogP contribution in [-0.2, 0) is 11.3 Å². The first kappa shape index (κ1) is 19.6. The number of rotatable bonds is 7. The Bertz CT molecular complexity index is 570. The van der Waals surface area contributed by atoms with Crippen LogP contribution in [-0.4, -0.2) is 25.2 Å². The van der Waals surface area contributed by atoms with E-state index in [1.54, 1.807) is 12.1 Å². The average Bonchev–Trinajstić information content (AvgIpc) is 2.59. The third-order valence-corrected chi connectivity index (χ3v) is 4.67. The molecule has 2 rings (SSSR count). The Morgan fingerprint density at radius 3 is 2.60 bits per heavy atom. The summed E-state index contributed by atoms with van der Waals surface area (Å²) in [6.45, 7) is -0.578. The van der Waals surface area contributed by atoms with Crippen LogP contribution in [0.25, 0.3) is 0 Å². The van der Waals surface area contributed by atoms with Gasteiger partial charge >= 0.3 is 6.18 Å². The van der Waals surface area contributed by atoms with Crippen molar-refractivity contribution in [2.24, 2.45) is 11.1 Å². The van der Waals surface area contributed by atoms with Gasteiger partial charge in [0, 0.05) is 13.0 Å². The Morgan fingerprint density at radius 2 is 1.96 bits per heavy atom. The second-order valence-corrected chi connectivity index (χ2v) is 6.77. The SMILES string of the molecule is NCC1(CC(=O)NCc2cccc(OCC(F)(F)F)c2)CCCCC1. The summed E-state index contributed by atoms with van der Waals surface area (Å²) in [6.07, 6.45) is 1.35. The first-order valence-electron chi connectivity index (χ1n) is 8.57. The molecule has 0 unspecified atom stereocenters. The number of nitrogens with one attached hydrogen (secondary N) is 1. The molecule has 25 heavy (non-hydrogen) atoms. The molecular formula is C18H25F3N2O2. The first-order chi connectivity index (χ1) is 11.8. The zero-order valence-corrected chi connectivity index (χ0v) is 14.2. The van der Waals surface area contributed by atoms with E-state index in [0.717, 1.165) is 25.7 Å². The molecule has 0 atom stereocenters. The maximum absolute atomic E-state index is 12.2. The van der Waals surface area contributed by atoms with Crippen LogP contribution in [0, 0.1) is 5.41 Å². The number of nitrogens with two attached hydrogens (primary N) is 1. The lowest BCUT2D eigenvalue weighted by Gasteiger charge is -2.35. The van der Waals surface area contributed by atoms with Crippen molar-refractivity contribution in [1.29, 1.82) is 0 Å². The quantitative estimate of drug-likeness (QED) is 0.784. The lowest BCUT2D eigenvalue weighted by atomic mass is 9.71. The topological polar surface area (TPSA) is 64.4 Å². The molecule has 0 heterocycles. The van der Waals surface area contributed by atoms with Gasteiger partial charge in [-0.25, -0.2) is 0 Å². The van der Waals surface area contributed by atoms with E-state index < -0.39 is 12.8 Å². The lowest BCUT2D eigenvalue weighted by Crippen LogP contribution is -2.38. The first-order valence-corrected chi connectivity index (χ1v) is 8.57. The fourth-order valence-corrected chi connectivity index (χ4v) is 3.27. The van der Waals surface area contributed by atoms with Gasteiger partial charge in [0.25, 0.3) is 0 Å². The molecule has 1 saturated carbocycles. The third-order valence-electron chi connectivity index (χ3n) is 4.67. The van der Waals surface area contributed by atoms with E-state index in [4.69, 9.17) is 10.5 Å². The van der Waals surface area contributed by atoms with Crippen molar-refractivity contribution in [2.45, 2.75) is 51.2 Å². The summed E-state index contributed by atoms with van der Waals surface area (Å²) >= 11 is 0. The molecule has 0 radical (unpaired) electrons. The van der Waals surface area contributed by atoms with Gasteiger partial charge in [-0.2, -0.15) is 13.2 Å². The highest BCUT2D eigenvalue weighted by molar-refractivity contribution is 5.76. The van der Waals surface area contributed by atoms with E-state index in [1.165, 1.54) is 18.6 Å². The number of hydrogen-bond acceptors (Lipinski definition) is 3. The van der Waals surface area contributed by atoms with Crippen LogP contribution in [0.5, 0.6) is 5.75 Å².